The quantitative estimate of drug-likeness (QED) is 0.712. The summed E-state index contributed by atoms with van der Waals surface area (Å²) in [5, 5.41) is 2.59. The van der Waals surface area contributed by atoms with E-state index in [0.29, 0.717) is 6.54 Å². The second-order valence-corrected chi connectivity index (χ2v) is 9.85. The molecule has 0 aromatic carbocycles. The number of nitrogens with zero attached hydrogens (tertiary/aromatic N) is 2. The summed E-state index contributed by atoms with van der Waals surface area (Å²) in [6.45, 7) is 12.7. The summed E-state index contributed by atoms with van der Waals surface area (Å²) in [5.74, 6) is -0.455. The van der Waals surface area contributed by atoms with Crippen molar-refractivity contribution in [2.45, 2.75) is 72.4 Å². The predicted molar refractivity (Wildman–Crippen MR) is 117 cm³/mol. The van der Waals surface area contributed by atoms with Crippen LogP contribution in [0.1, 0.15) is 60.8 Å². The van der Waals surface area contributed by atoms with Crippen molar-refractivity contribution in [3.63, 3.8) is 0 Å². The Bertz CT molecular complexity index is 746. The number of amides is 3. The van der Waals surface area contributed by atoms with Gasteiger partial charge in [-0.3, -0.25) is 14.5 Å². The van der Waals surface area contributed by atoms with Gasteiger partial charge in [-0.25, -0.2) is 4.79 Å². The number of likely N-dealkylation sites (N-methyl/N-ethyl adjacent to an activating group) is 1. The van der Waals surface area contributed by atoms with Crippen LogP contribution in [0, 0.1) is 5.41 Å². The van der Waals surface area contributed by atoms with Gasteiger partial charge in [-0.05, 0) is 57.9 Å². The van der Waals surface area contributed by atoms with Crippen LogP contribution in [-0.4, -0.2) is 66.0 Å². The molecule has 1 heterocycles. The molecule has 0 saturated carbocycles. The maximum Gasteiger partial charge on any atom is 0.411 e. The summed E-state index contributed by atoms with van der Waals surface area (Å²) in [6.07, 6.45) is 6.34. The average molecular weight is 420 g/mol. The molecular weight excluding hydrogens is 382 g/mol. The van der Waals surface area contributed by atoms with Crippen molar-refractivity contribution in [3.05, 3.63) is 23.3 Å². The molecule has 1 unspecified atom stereocenters. The molecule has 168 valence electrons. The van der Waals surface area contributed by atoms with Crippen LogP contribution in [-0.2, 0) is 14.3 Å². The summed E-state index contributed by atoms with van der Waals surface area (Å²) in [4.78, 5) is 40.9. The Kier molecular flexibility index (Phi) is 7.37. The molecule has 7 heteroatoms. The Balaban J connectivity index is 2.14. The van der Waals surface area contributed by atoms with Crippen LogP contribution in [0.3, 0.4) is 0 Å². The van der Waals surface area contributed by atoms with Gasteiger partial charge >= 0.3 is 6.09 Å². The molecule has 1 atom stereocenters. The molecule has 1 N–H and O–H groups in total. The van der Waals surface area contributed by atoms with Gasteiger partial charge in [-0.1, -0.05) is 25.5 Å². The summed E-state index contributed by atoms with van der Waals surface area (Å²) in [5.41, 5.74) is 1.95. The van der Waals surface area contributed by atoms with E-state index in [4.69, 9.17) is 4.74 Å². The van der Waals surface area contributed by atoms with Crippen LogP contribution in [0.25, 0.3) is 0 Å². The lowest BCUT2D eigenvalue weighted by molar-refractivity contribution is -0.134. The number of hydrogen-bond acceptors (Lipinski definition) is 4. The maximum atomic E-state index is 12.9. The van der Waals surface area contributed by atoms with Gasteiger partial charge in [-0.15, -0.1) is 0 Å². The molecular formula is C23H37N3O4. The molecule has 0 aromatic heterocycles. The van der Waals surface area contributed by atoms with E-state index in [2.05, 4.69) is 26.1 Å². The molecule has 1 saturated heterocycles. The topological polar surface area (TPSA) is 79.0 Å². The zero-order chi connectivity index (χ0) is 22.7. The third-order valence-corrected chi connectivity index (χ3v) is 5.80. The number of rotatable bonds is 3. The van der Waals surface area contributed by atoms with Crippen molar-refractivity contribution in [1.29, 1.82) is 0 Å². The van der Waals surface area contributed by atoms with Crippen LogP contribution in [0.2, 0.25) is 0 Å². The van der Waals surface area contributed by atoms with Gasteiger partial charge in [-0.2, -0.15) is 0 Å². The van der Waals surface area contributed by atoms with E-state index < -0.39 is 17.7 Å². The number of ether oxygens (including phenoxy) is 1. The highest BCUT2D eigenvalue weighted by Crippen LogP contribution is 2.40. The van der Waals surface area contributed by atoms with Crippen LogP contribution in [0.5, 0.6) is 0 Å². The summed E-state index contributed by atoms with van der Waals surface area (Å²) in [7, 11) is 1.52. The van der Waals surface area contributed by atoms with Crippen LogP contribution < -0.4 is 5.32 Å². The first-order valence-corrected chi connectivity index (χ1v) is 10.7. The minimum atomic E-state index is -0.775. The number of hydrogen-bond donors (Lipinski definition) is 1. The molecule has 0 aromatic rings. The van der Waals surface area contributed by atoms with Crippen molar-refractivity contribution in [1.82, 2.24) is 15.1 Å². The fourth-order valence-electron chi connectivity index (χ4n) is 4.18. The molecule has 2 rings (SSSR count). The zero-order valence-corrected chi connectivity index (χ0v) is 19.5. The van der Waals surface area contributed by atoms with Crippen molar-refractivity contribution in [3.8, 4) is 0 Å². The fraction of sp³-hybridized carbons (Fsp3) is 0.696. The van der Waals surface area contributed by atoms with E-state index in [1.807, 2.05) is 6.08 Å². The third-order valence-electron chi connectivity index (χ3n) is 5.80. The Hall–Kier alpha value is -2.31. The molecule has 30 heavy (non-hydrogen) atoms. The number of nitrogens with one attached hydrogen (secondary N) is 1. The Morgan fingerprint density at radius 3 is 2.43 bits per heavy atom. The summed E-state index contributed by atoms with van der Waals surface area (Å²) < 4.78 is 5.44. The molecule has 7 nitrogen and oxygen atoms in total. The highest BCUT2D eigenvalue weighted by molar-refractivity contribution is 5.91. The Labute approximate surface area is 180 Å². The van der Waals surface area contributed by atoms with Crippen LogP contribution in [0.15, 0.2) is 23.3 Å². The average Bonchev–Trinajstić information content (AvgIpc) is 2.64. The van der Waals surface area contributed by atoms with E-state index in [1.165, 1.54) is 29.5 Å². The first kappa shape index (κ1) is 24.0. The minimum absolute atomic E-state index is 0.0547. The largest absolute Gasteiger partial charge is 0.444 e. The molecule has 1 aliphatic heterocycles. The lowest BCUT2D eigenvalue weighted by atomic mass is 9.72. The SMILES string of the molecule is CNC(=O)C1CN(C(=O)/C=C/C2=C(C)CCCC2(C)C)CCN1C(=O)OC(C)(C)C. The van der Waals surface area contributed by atoms with Gasteiger partial charge in [0.15, 0.2) is 0 Å². The second-order valence-electron chi connectivity index (χ2n) is 9.85. The van der Waals surface area contributed by atoms with Crippen LogP contribution in [0.4, 0.5) is 4.79 Å². The zero-order valence-electron chi connectivity index (χ0n) is 19.5. The molecule has 2 aliphatic rings. The number of carbonyl (C=O) groups excluding carboxylic acids is 3. The van der Waals surface area contributed by atoms with E-state index in [0.717, 1.165) is 12.8 Å². The van der Waals surface area contributed by atoms with E-state index >= 15 is 0 Å². The molecule has 3 amide bonds. The monoisotopic (exact) mass is 419 g/mol. The Morgan fingerprint density at radius 2 is 1.87 bits per heavy atom. The van der Waals surface area contributed by atoms with Crippen molar-refractivity contribution in [2.75, 3.05) is 26.7 Å². The standard InChI is InChI=1S/C23H37N3O4/c1-16-9-8-12-23(5,6)17(16)10-11-19(27)25-13-14-26(18(15-25)20(28)24-7)21(29)30-22(2,3)4/h10-11,18H,8-9,12-15H2,1-7H3,(H,24,28)/b11-10+. The Morgan fingerprint density at radius 1 is 1.20 bits per heavy atom. The molecule has 1 fully saturated rings. The van der Waals surface area contributed by atoms with E-state index in [-0.39, 0.29) is 30.3 Å². The predicted octanol–water partition coefficient (Wildman–Crippen LogP) is 3.26. The van der Waals surface area contributed by atoms with Gasteiger partial charge < -0.3 is 15.0 Å². The first-order valence-electron chi connectivity index (χ1n) is 10.7. The number of carbonyl (C=O) groups is 3. The lowest BCUT2D eigenvalue weighted by Crippen LogP contribution is -2.61. The fourth-order valence-corrected chi connectivity index (χ4v) is 4.18. The third kappa shape index (κ3) is 5.86. The van der Waals surface area contributed by atoms with E-state index in [9.17, 15) is 14.4 Å². The summed E-state index contributed by atoms with van der Waals surface area (Å²) in [6, 6.07) is -0.775. The second kappa shape index (κ2) is 9.23. The van der Waals surface area contributed by atoms with Gasteiger partial charge in [0, 0.05) is 26.2 Å². The van der Waals surface area contributed by atoms with Gasteiger partial charge in [0.25, 0.3) is 0 Å². The highest BCUT2D eigenvalue weighted by atomic mass is 16.6. The van der Waals surface area contributed by atoms with Crippen molar-refractivity contribution >= 4 is 17.9 Å². The first-order chi connectivity index (χ1) is 13.9. The van der Waals surface area contributed by atoms with E-state index in [1.54, 1.807) is 31.7 Å². The molecule has 0 bridgehead atoms. The van der Waals surface area contributed by atoms with Gasteiger partial charge in [0.1, 0.15) is 11.6 Å². The minimum Gasteiger partial charge on any atom is -0.444 e. The normalized spacial score (nSPS) is 22.3. The van der Waals surface area contributed by atoms with Crippen molar-refractivity contribution < 1.29 is 19.1 Å². The van der Waals surface area contributed by atoms with Crippen molar-refractivity contribution in [2.24, 2.45) is 5.41 Å². The smallest absolute Gasteiger partial charge is 0.411 e. The molecule has 1 aliphatic carbocycles. The molecule has 0 radical (unpaired) electrons. The van der Waals surface area contributed by atoms with Gasteiger partial charge in [0.05, 0.1) is 6.54 Å². The molecule has 0 spiro atoms. The number of allylic oxidation sites excluding steroid dienone is 3. The van der Waals surface area contributed by atoms with Crippen LogP contribution >= 0.6 is 0 Å². The maximum absolute atomic E-state index is 12.9. The lowest BCUT2D eigenvalue weighted by Gasteiger charge is -2.40. The number of piperazine rings is 1. The summed E-state index contributed by atoms with van der Waals surface area (Å²) >= 11 is 0. The van der Waals surface area contributed by atoms with Gasteiger partial charge in [0.2, 0.25) is 11.8 Å². The highest BCUT2D eigenvalue weighted by Gasteiger charge is 2.38.